The second kappa shape index (κ2) is 6.93. The molecule has 23 heavy (non-hydrogen) atoms. The number of aliphatic imine (C=N–C) groups is 1. The van der Waals surface area contributed by atoms with Crippen molar-refractivity contribution in [1.29, 1.82) is 0 Å². The van der Waals surface area contributed by atoms with Gasteiger partial charge in [-0.05, 0) is 24.6 Å². The largest absolute Gasteiger partial charge is 0.507 e. The maximum absolute atomic E-state index is 12.1. The van der Waals surface area contributed by atoms with Crippen molar-refractivity contribution in [3.63, 3.8) is 0 Å². The number of aryl methyl sites for hydroxylation is 1. The quantitative estimate of drug-likeness (QED) is 0.834. The van der Waals surface area contributed by atoms with Gasteiger partial charge in [-0.15, -0.1) is 0 Å². The first kappa shape index (κ1) is 16.3. The molecule has 0 radical (unpaired) electrons. The van der Waals surface area contributed by atoms with Gasteiger partial charge in [-0.2, -0.15) is 11.8 Å². The standard InChI is InChI=1S/C17H16BrNO3S/c1-10-7-14(20)16(17(21)22-10)13-9-15(23-6-5-19-13)11-3-2-4-12(18)8-11/h2-4,7-8,15,20H,5-6,9H2,1H3. The van der Waals surface area contributed by atoms with Crippen molar-refractivity contribution < 1.29 is 9.52 Å². The molecule has 0 spiro atoms. The summed E-state index contributed by atoms with van der Waals surface area (Å²) in [4.78, 5) is 16.7. The van der Waals surface area contributed by atoms with E-state index in [2.05, 4.69) is 33.1 Å². The fourth-order valence-electron chi connectivity index (χ4n) is 2.64. The minimum atomic E-state index is -0.527. The Labute approximate surface area is 146 Å². The topological polar surface area (TPSA) is 62.8 Å². The van der Waals surface area contributed by atoms with Crippen molar-refractivity contribution in [1.82, 2.24) is 0 Å². The zero-order chi connectivity index (χ0) is 16.4. The van der Waals surface area contributed by atoms with Crippen LogP contribution in [0.25, 0.3) is 0 Å². The van der Waals surface area contributed by atoms with E-state index >= 15 is 0 Å². The number of benzene rings is 1. The van der Waals surface area contributed by atoms with Gasteiger partial charge in [0.25, 0.3) is 0 Å². The Morgan fingerprint density at radius 3 is 2.96 bits per heavy atom. The lowest BCUT2D eigenvalue weighted by Gasteiger charge is -2.16. The fourth-order valence-corrected chi connectivity index (χ4v) is 4.15. The molecule has 1 aromatic carbocycles. The van der Waals surface area contributed by atoms with Crippen LogP contribution in [0.4, 0.5) is 0 Å². The Morgan fingerprint density at radius 2 is 2.22 bits per heavy atom. The molecule has 0 fully saturated rings. The summed E-state index contributed by atoms with van der Waals surface area (Å²) in [5.41, 5.74) is 1.46. The minimum absolute atomic E-state index is 0.0580. The van der Waals surface area contributed by atoms with Crippen LogP contribution in [0.15, 0.2) is 49.0 Å². The second-order valence-electron chi connectivity index (χ2n) is 5.35. The van der Waals surface area contributed by atoms with Crippen molar-refractivity contribution in [3.05, 3.63) is 62.1 Å². The maximum Gasteiger partial charge on any atom is 0.348 e. The summed E-state index contributed by atoms with van der Waals surface area (Å²) in [6, 6.07) is 9.60. The van der Waals surface area contributed by atoms with Gasteiger partial charge < -0.3 is 9.52 Å². The fraction of sp³-hybridized carbons (Fsp3) is 0.294. The first-order chi connectivity index (χ1) is 11.0. The third-order valence-corrected chi connectivity index (χ3v) is 5.41. The molecule has 1 aliphatic rings. The predicted octanol–water partition coefficient (Wildman–Crippen LogP) is 4.08. The van der Waals surface area contributed by atoms with Crippen LogP contribution in [0, 0.1) is 6.92 Å². The van der Waals surface area contributed by atoms with Crippen LogP contribution in [0.1, 0.15) is 28.6 Å². The second-order valence-corrected chi connectivity index (χ2v) is 7.58. The van der Waals surface area contributed by atoms with E-state index in [0.717, 1.165) is 10.2 Å². The van der Waals surface area contributed by atoms with Crippen LogP contribution in [0.5, 0.6) is 5.75 Å². The zero-order valence-corrected chi connectivity index (χ0v) is 15.0. The van der Waals surface area contributed by atoms with Crippen molar-refractivity contribution >= 4 is 33.4 Å². The van der Waals surface area contributed by atoms with Crippen molar-refractivity contribution in [2.45, 2.75) is 18.6 Å². The van der Waals surface area contributed by atoms with Crippen LogP contribution in [0.2, 0.25) is 0 Å². The molecule has 4 nitrogen and oxygen atoms in total. The molecule has 0 bridgehead atoms. The van der Waals surface area contributed by atoms with Crippen LogP contribution < -0.4 is 5.63 Å². The highest BCUT2D eigenvalue weighted by atomic mass is 79.9. The summed E-state index contributed by atoms with van der Waals surface area (Å²) in [7, 11) is 0. The number of halogens is 1. The van der Waals surface area contributed by atoms with Crippen LogP contribution in [0.3, 0.4) is 0 Å². The highest BCUT2D eigenvalue weighted by Gasteiger charge is 2.23. The van der Waals surface area contributed by atoms with Gasteiger partial charge in [-0.3, -0.25) is 4.99 Å². The zero-order valence-electron chi connectivity index (χ0n) is 12.6. The molecule has 120 valence electrons. The van der Waals surface area contributed by atoms with Crippen LogP contribution >= 0.6 is 27.7 Å². The van der Waals surface area contributed by atoms with Gasteiger partial charge in [0.1, 0.15) is 17.1 Å². The summed E-state index contributed by atoms with van der Waals surface area (Å²) in [6.07, 6.45) is 0.586. The Bertz CT molecular complexity index is 816. The van der Waals surface area contributed by atoms with E-state index in [1.54, 1.807) is 6.92 Å². The Balaban J connectivity index is 1.97. The third kappa shape index (κ3) is 3.70. The molecule has 2 aromatic rings. The average molecular weight is 394 g/mol. The van der Waals surface area contributed by atoms with Crippen molar-refractivity contribution in [2.75, 3.05) is 12.3 Å². The average Bonchev–Trinajstić information content (AvgIpc) is 2.72. The van der Waals surface area contributed by atoms with Crippen LogP contribution in [-0.2, 0) is 0 Å². The number of thioether (sulfide) groups is 1. The summed E-state index contributed by atoms with van der Waals surface area (Å²) in [5, 5.41) is 10.4. The number of nitrogens with zero attached hydrogens (tertiary/aromatic N) is 1. The lowest BCUT2D eigenvalue weighted by atomic mass is 10.0. The van der Waals surface area contributed by atoms with Gasteiger partial charge in [0.15, 0.2) is 0 Å². The molecule has 1 N–H and O–H groups in total. The van der Waals surface area contributed by atoms with Gasteiger partial charge in [0, 0.05) is 34.5 Å². The first-order valence-corrected chi connectivity index (χ1v) is 9.13. The summed E-state index contributed by atoms with van der Waals surface area (Å²) in [5.74, 6) is 1.21. The SMILES string of the molecule is Cc1cc(O)c(C2=NCCSC(c3cccc(Br)c3)C2)c(=O)o1. The number of hydrogen-bond donors (Lipinski definition) is 1. The molecule has 1 aliphatic heterocycles. The summed E-state index contributed by atoms with van der Waals surface area (Å²) >= 11 is 5.30. The van der Waals surface area contributed by atoms with Gasteiger partial charge >= 0.3 is 5.63 Å². The van der Waals surface area contributed by atoms with E-state index < -0.39 is 5.63 Å². The van der Waals surface area contributed by atoms with E-state index in [-0.39, 0.29) is 16.6 Å². The van der Waals surface area contributed by atoms with E-state index in [1.807, 2.05) is 23.9 Å². The Morgan fingerprint density at radius 1 is 1.39 bits per heavy atom. The Kier molecular flexibility index (Phi) is 4.92. The normalized spacial score (nSPS) is 18.3. The van der Waals surface area contributed by atoms with Gasteiger partial charge in [-0.25, -0.2) is 4.79 Å². The first-order valence-electron chi connectivity index (χ1n) is 7.29. The molecule has 6 heteroatoms. The monoisotopic (exact) mass is 393 g/mol. The maximum atomic E-state index is 12.1. The van der Waals surface area contributed by atoms with Crippen molar-refractivity contribution in [2.24, 2.45) is 4.99 Å². The molecular weight excluding hydrogens is 378 g/mol. The predicted molar refractivity (Wildman–Crippen MR) is 96.7 cm³/mol. The highest BCUT2D eigenvalue weighted by molar-refractivity contribution is 9.10. The minimum Gasteiger partial charge on any atom is -0.507 e. The van der Waals surface area contributed by atoms with E-state index in [9.17, 15) is 9.90 Å². The lowest BCUT2D eigenvalue weighted by Crippen LogP contribution is -2.17. The number of rotatable bonds is 2. The van der Waals surface area contributed by atoms with E-state index in [1.165, 1.54) is 11.6 Å². The van der Waals surface area contributed by atoms with Crippen LogP contribution in [-0.4, -0.2) is 23.1 Å². The summed E-state index contributed by atoms with van der Waals surface area (Å²) < 4.78 is 6.16. The molecule has 1 unspecified atom stereocenters. The van der Waals surface area contributed by atoms with E-state index in [4.69, 9.17) is 4.42 Å². The highest BCUT2D eigenvalue weighted by Crippen LogP contribution is 2.36. The molecular formula is C17H16BrNO3S. The number of aromatic hydroxyl groups is 1. The van der Waals surface area contributed by atoms with E-state index in [0.29, 0.717) is 24.4 Å². The van der Waals surface area contributed by atoms with Crippen molar-refractivity contribution in [3.8, 4) is 5.75 Å². The molecule has 0 saturated carbocycles. The smallest absolute Gasteiger partial charge is 0.348 e. The van der Waals surface area contributed by atoms with Gasteiger partial charge in [-0.1, -0.05) is 28.1 Å². The van der Waals surface area contributed by atoms with Gasteiger partial charge in [0.05, 0.1) is 5.71 Å². The Hall–Kier alpha value is -1.53. The molecule has 0 amide bonds. The molecule has 1 aromatic heterocycles. The molecule has 0 saturated heterocycles. The van der Waals surface area contributed by atoms with Gasteiger partial charge in [0.2, 0.25) is 0 Å². The molecule has 2 heterocycles. The third-order valence-electron chi connectivity index (χ3n) is 3.65. The number of hydrogen-bond acceptors (Lipinski definition) is 5. The molecule has 0 aliphatic carbocycles. The summed E-state index contributed by atoms with van der Waals surface area (Å²) in [6.45, 7) is 2.26. The molecule has 3 rings (SSSR count). The lowest BCUT2D eigenvalue weighted by molar-refractivity contribution is 0.432. The molecule has 1 atom stereocenters.